The van der Waals surface area contributed by atoms with Crippen molar-refractivity contribution >= 4 is 34.2 Å². The number of nitrogens with one attached hydrogen (secondary N) is 2. The quantitative estimate of drug-likeness (QED) is 0.637. The van der Waals surface area contributed by atoms with Gasteiger partial charge in [-0.2, -0.15) is 0 Å². The van der Waals surface area contributed by atoms with E-state index in [-0.39, 0.29) is 0 Å². The molecule has 0 fully saturated rings. The van der Waals surface area contributed by atoms with Crippen LogP contribution in [-0.2, 0) is 0 Å². The number of benzene rings is 1. The summed E-state index contributed by atoms with van der Waals surface area (Å²) in [5, 5.41) is 1.13. The molecular formula is C13H13N3S. The Morgan fingerprint density at radius 2 is 2.06 bits per heavy atom. The van der Waals surface area contributed by atoms with Gasteiger partial charge in [0.1, 0.15) is 0 Å². The van der Waals surface area contributed by atoms with Crippen LogP contribution in [0.15, 0.2) is 24.4 Å². The highest BCUT2D eigenvalue weighted by Gasteiger charge is 2.09. The van der Waals surface area contributed by atoms with Crippen molar-refractivity contribution in [3.63, 3.8) is 0 Å². The minimum absolute atomic E-state index is 0.463. The molecule has 0 spiro atoms. The standard InChI is InChI=1S/C13H13N3S/c1-7(2)8-4-3-5-9-11(8)14-6-10-12(9)16-13(17)15-10/h3-7H,1-2H3,(H2,15,16,17). The zero-order valence-corrected chi connectivity index (χ0v) is 10.6. The fraction of sp³-hybridized carbons (Fsp3) is 0.231. The van der Waals surface area contributed by atoms with Crippen LogP contribution in [0, 0.1) is 4.77 Å². The maximum atomic E-state index is 5.12. The largest absolute Gasteiger partial charge is 0.330 e. The highest BCUT2D eigenvalue weighted by Crippen LogP contribution is 2.27. The molecule has 0 saturated carbocycles. The van der Waals surface area contributed by atoms with Gasteiger partial charge in [-0.15, -0.1) is 0 Å². The molecular weight excluding hydrogens is 230 g/mol. The van der Waals surface area contributed by atoms with Gasteiger partial charge in [-0.3, -0.25) is 4.98 Å². The molecule has 0 unspecified atom stereocenters. The van der Waals surface area contributed by atoms with Gasteiger partial charge in [0.25, 0.3) is 0 Å². The van der Waals surface area contributed by atoms with Crippen molar-refractivity contribution in [1.82, 2.24) is 15.0 Å². The first-order chi connectivity index (χ1) is 8.16. The summed E-state index contributed by atoms with van der Waals surface area (Å²) in [6, 6.07) is 6.28. The van der Waals surface area contributed by atoms with Gasteiger partial charge in [0.15, 0.2) is 4.77 Å². The summed E-state index contributed by atoms with van der Waals surface area (Å²) >= 11 is 5.12. The van der Waals surface area contributed by atoms with Crippen molar-refractivity contribution in [2.45, 2.75) is 19.8 Å². The molecule has 0 aliphatic rings. The van der Waals surface area contributed by atoms with Crippen LogP contribution in [-0.4, -0.2) is 15.0 Å². The number of H-pyrrole nitrogens is 2. The Bertz CT molecular complexity index is 752. The van der Waals surface area contributed by atoms with Crippen LogP contribution < -0.4 is 0 Å². The van der Waals surface area contributed by atoms with E-state index in [9.17, 15) is 0 Å². The fourth-order valence-corrected chi connectivity index (χ4v) is 2.42. The third-order valence-electron chi connectivity index (χ3n) is 3.04. The summed E-state index contributed by atoms with van der Waals surface area (Å²) < 4.78 is 0.643. The van der Waals surface area contributed by atoms with Gasteiger partial charge in [-0.25, -0.2) is 0 Å². The number of fused-ring (bicyclic) bond motifs is 3. The summed E-state index contributed by atoms with van der Waals surface area (Å²) in [6.45, 7) is 4.36. The van der Waals surface area contributed by atoms with Crippen LogP contribution in [0.1, 0.15) is 25.3 Å². The maximum Gasteiger partial charge on any atom is 0.175 e. The van der Waals surface area contributed by atoms with Gasteiger partial charge in [0.2, 0.25) is 0 Å². The average molecular weight is 243 g/mol. The maximum absolute atomic E-state index is 5.12. The molecule has 17 heavy (non-hydrogen) atoms. The van der Waals surface area contributed by atoms with E-state index in [1.54, 1.807) is 0 Å². The summed E-state index contributed by atoms with van der Waals surface area (Å²) in [5.41, 5.74) is 4.33. The topological polar surface area (TPSA) is 44.5 Å². The number of hydrogen-bond donors (Lipinski definition) is 2. The normalized spacial score (nSPS) is 11.7. The van der Waals surface area contributed by atoms with Gasteiger partial charge in [-0.05, 0) is 23.7 Å². The SMILES string of the molecule is CC(C)c1cccc2c1ncc1[nH]c(=S)[nH]c12. The lowest BCUT2D eigenvalue weighted by Gasteiger charge is -2.08. The lowest BCUT2D eigenvalue weighted by atomic mass is 9.99. The smallest absolute Gasteiger partial charge is 0.175 e. The average Bonchev–Trinajstić information content (AvgIpc) is 2.68. The number of rotatable bonds is 1. The second-order valence-corrected chi connectivity index (χ2v) is 4.93. The third kappa shape index (κ3) is 1.56. The molecule has 0 atom stereocenters. The number of imidazole rings is 1. The number of nitrogens with zero attached hydrogens (tertiary/aromatic N) is 1. The van der Waals surface area contributed by atoms with E-state index in [4.69, 9.17) is 12.2 Å². The molecule has 0 radical (unpaired) electrons. The van der Waals surface area contributed by atoms with Crippen molar-refractivity contribution in [2.75, 3.05) is 0 Å². The van der Waals surface area contributed by atoms with E-state index in [1.165, 1.54) is 5.56 Å². The molecule has 2 aromatic heterocycles. The Kier molecular flexibility index (Phi) is 2.26. The number of aromatic nitrogens is 3. The first kappa shape index (κ1) is 10.5. The van der Waals surface area contributed by atoms with Crippen molar-refractivity contribution in [1.29, 1.82) is 0 Å². The van der Waals surface area contributed by atoms with E-state index < -0.39 is 0 Å². The van der Waals surface area contributed by atoms with Gasteiger partial charge >= 0.3 is 0 Å². The van der Waals surface area contributed by atoms with Crippen LogP contribution in [0.5, 0.6) is 0 Å². The van der Waals surface area contributed by atoms with E-state index in [1.807, 2.05) is 6.20 Å². The molecule has 0 aliphatic carbocycles. The molecule has 2 N–H and O–H groups in total. The predicted molar refractivity (Wildman–Crippen MR) is 72.9 cm³/mol. The Hall–Kier alpha value is -1.68. The van der Waals surface area contributed by atoms with Crippen molar-refractivity contribution < 1.29 is 0 Å². The molecule has 0 aliphatic heterocycles. The molecule has 1 aromatic carbocycles. The van der Waals surface area contributed by atoms with Crippen LogP contribution in [0.25, 0.3) is 21.9 Å². The minimum Gasteiger partial charge on any atom is -0.330 e. The van der Waals surface area contributed by atoms with Crippen LogP contribution in [0.2, 0.25) is 0 Å². The van der Waals surface area contributed by atoms with Crippen LogP contribution >= 0.6 is 12.2 Å². The van der Waals surface area contributed by atoms with Crippen LogP contribution in [0.4, 0.5) is 0 Å². The van der Waals surface area contributed by atoms with Crippen molar-refractivity contribution in [2.24, 2.45) is 0 Å². The highest BCUT2D eigenvalue weighted by atomic mass is 32.1. The lowest BCUT2D eigenvalue weighted by molar-refractivity contribution is 0.873. The second kappa shape index (κ2) is 3.67. The molecule has 3 aromatic rings. The monoisotopic (exact) mass is 243 g/mol. The molecule has 3 rings (SSSR count). The molecule has 4 heteroatoms. The molecule has 3 nitrogen and oxygen atoms in total. The van der Waals surface area contributed by atoms with Crippen LogP contribution in [0.3, 0.4) is 0 Å². The van der Waals surface area contributed by atoms with Gasteiger partial charge in [0, 0.05) is 5.39 Å². The van der Waals surface area contributed by atoms with Gasteiger partial charge in [0.05, 0.1) is 22.7 Å². The van der Waals surface area contributed by atoms with Gasteiger partial charge < -0.3 is 9.97 Å². The van der Waals surface area contributed by atoms with E-state index in [0.29, 0.717) is 10.7 Å². The lowest BCUT2D eigenvalue weighted by Crippen LogP contribution is -1.92. The third-order valence-corrected chi connectivity index (χ3v) is 3.24. The zero-order chi connectivity index (χ0) is 12.0. The second-order valence-electron chi connectivity index (χ2n) is 4.52. The Morgan fingerprint density at radius 1 is 1.24 bits per heavy atom. The molecule has 2 heterocycles. The minimum atomic E-state index is 0.463. The summed E-state index contributed by atoms with van der Waals surface area (Å²) in [5.74, 6) is 0.463. The predicted octanol–water partition coefficient (Wildman–Crippen LogP) is 3.90. The summed E-state index contributed by atoms with van der Waals surface area (Å²) in [6.07, 6.45) is 1.84. The number of para-hydroxylation sites is 1. The molecule has 0 saturated heterocycles. The Morgan fingerprint density at radius 3 is 2.82 bits per heavy atom. The fourth-order valence-electron chi connectivity index (χ4n) is 2.21. The van der Waals surface area contributed by atoms with E-state index in [2.05, 4.69) is 47.0 Å². The molecule has 0 bridgehead atoms. The molecule has 86 valence electrons. The molecule has 0 amide bonds. The van der Waals surface area contributed by atoms with Crippen molar-refractivity contribution in [3.05, 3.63) is 34.7 Å². The first-order valence-electron chi connectivity index (χ1n) is 5.66. The Balaban J connectivity index is 2.51. The Labute approximate surface area is 104 Å². The first-order valence-corrected chi connectivity index (χ1v) is 6.07. The number of hydrogen-bond acceptors (Lipinski definition) is 2. The van der Waals surface area contributed by atoms with E-state index >= 15 is 0 Å². The summed E-state index contributed by atoms with van der Waals surface area (Å²) in [4.78, 5) is 10.8. The number of aromatic amines is 2. The van der Waals surface area contributed by atoms with Gasteiger partial charge in [-0.1, -0.05) is 32.0 Å². The summed E-state index contributed by atoms with van der Waals surface area (Å²) in [7, 11) is 0. The number of pyridine rings is 1. The zero-order valence-electron chi connectivity index (χ0n) is 9.74. The van der Waals surface area contributed by atoms with E-state index in [0.717, 1.165) is 21.9 Å². The highest BCUT2D eigenvalue weighted by molar-refractivity contribution is 7.71. The van der Waals surface area contributed by atoms with Crippen molar-refractivity contribution in [3.8, 4) is 0 Å².